The third kappa shape index (κ3) is 3.61. The van der Waals surface area contributed by atoms with Crippen molar-refractivity contribution in [1.82, 2.24) is 20.0 Å². The number of hydrogen-bond acceptors (Lipinski definition) is 5. The third-order valence-electron chi connectivity index (χ3n) is 5.16. The van der Waals surface area contributed by atoms with Crippen LogP contribution >= 0.6 is 0 Å². The molecule has 3 rings (SSSR count). The third-order valence-corrected chi connectivity index (χ3v) is 5.16. The van der Waals surface area contributed by atoms with Crippen LogP contribution in [0.1, 0.15) is 26.2 Å². The summed E-state index contributed by atoms with van der Waals surface area (Å²) in [7, 11) is 0. The van der Waals surface area contributed by atoms with Crippen LogP contribution in [-0.4, -0.2) is 71.0 Å². The lowest BCUT2D eigenvalue weighted by molar-refractivity contribution is -0.0449. The highest BCUT2D eigenvalue weighted by Gasteiger charge is 2.39. The summed E-state index contributed by atoms with van der Waals surface area (Å²) in [5.74, 6) is 0. The van der Waals surface area contributed by atoms with E-state index in [-0.39, 0.29) is 11.6 Å². The van der Waals surface area contributed by atoms with Crippen LogP contribution in [0.2, 0.25) is 0 Å². The molecule has 0 radical (unpaired) electrons. The monoisotopic (exact) mass is 319 g/mol. The largest absolute Gasteiger partial charge is 0.379 e. The maximum absolute atomic E-state index is 12.4. The second-order valence-corrected chi connectivity index (χ2v) is 6.23. The van der Waals surface area contributed by atoms with E-state index in [9.17, 15) is 4.79 Å². The number of nitrogens with one attached hydrogen (secondary N) is 1. The van der Waals surface area contributed by atoms with E-state index in [0.717, 1.165) is 58.7 Å². The minimum Gasteiger partial charge on any atom is -0.379 e. The smallest absolute Gasteiger partial charge is 0.321 e. The van der Waals surface area contributed by atoms with Gasteiger partial charge in [0.25, 0.3) is 0 Å². The molecule has 0 bridgehead atoms. The fourth-order valence-electron chi connectivity index (χ4n) is 3.62. The molecule has 1 aromatic rings. The van der Waals surface area contributed by atoms with Crippen molar-refractivity contribution in [3.05, 3.63) is 18.5 Å². The molecule has 0 saturated carbocycles. The van der Waals surface area contributed by atoms with E-state index in [0.29, 0.717) is 5.69 Å². The van der Waals surface area contributed by atoms with Gasteiger partial charge in [0.1, 0.15) is 0 Å². The molecule has 126 valence electrons. The van der Waals surface area contributed by atoms with Gasteiger partial charge in [0.05, 0.1) is 31.3 Å². The molecule has 1 aromatic heterocycles. The summed E-state index contributed by atoms with van der Waals surface area (Å²) < 4.78 is 5.48. The Bertz CT molecular complexity index is 510. The summed E-state index contributed by atoms with van der Waals surface area (Å²) in [5.41, 5.74) is 0.907. The molecule has 0 spiro atoms. The van der Waals surface area contributed by atoms with Crippen molar-refractivity contribution < 1.29 is 9.53 Å². The Labute approximate surface area is 137 Å². The SMILES string of the molecule is CCC1(N2CCOCC2)CCN(C(=O)Nc2ccnnc2)CC1. The van der Waals surface area contributed by atoms with Crippen molar-refractivity contribution in [2.45, 2.75) is 31.7 Å². The molecule has 0 aliphatic carbocycles. The van der Waals surface area contributed by atoms with Crippen LogP contribution in [0.25, 0.3) is 0 Å². The normalized spacial score (nSPS) is 21.9. The molecule has 7 nitrogen and oxygen atoms in total. The number of carbonyl (C=O) groups excluding carboxylic acids is 1. The number of anilines is 1. The Morgan fingerprint density at radius 1 is 1.26 bits per heavy atom. The predicted molar refractivity (Wildman–Crippen MR) is 87.3 cm³/mol. The van der Waals surface area contributed by atoms with E-state index in [1.165, 1.54) is 0 Å². The molecule has 2 aliphatic rings. The van der Waals surface area contributed by atoms with Crippen LogP contribution in [0, 0.1) is 0 Å². The van der Waals surface area contributed by atoms with Crippen molar-refractivity contribution in [2.24, 2.45) is 0 Å². The van der Waals surface area contributed by atoms with E-state index >= 15 is 0 Å². The van der Waals surface area contributed by atoms with Gasteiger partial charge >= 0.3 is 6.03 Å². The van der Waals surface area contributed by atoms with Gasteiger partial charge in [-0.2, -0.15) is 10.2 Å². The molecule has 0 atom stereocenters. The second kappa shape index (κ2) is 7.23. The van der Waals surface area contributed by atoms with Crippen molar-refractivity contribution in [1.29, 1.82) is 0 Å². The van der Waals surface area contributed by atoms with Crippen LogP contribution < -0.4 is 5.32 Å². The average molecular weight is 319 g/mol. The number of nitrogens with zero attached hydrogens (tertiary/aromatic N) is 4. The molecule has 23 heavy (non-hydrogen) atoms. The second-order valence-electron chi connectivity index (χ2n) is 6.23. The molecule has 2 saturated heterocycles. The Morgan fingerprint density at radius 3 is 2.61 bits per heavy atom. The Kier molecular flexibility index (Phi) is 5.07. The molecule has 0 aromatic carbocycles. The molecule has 2 fully saturated rings. The number of carbonyl (C=O) groups is 1. The number of ether oxygens (including phenoxy) is 1. The summed E-state index contributed by atoms with van der Waals surface area (Å²) in [6, 6.07) is 1.70. The van der Waals surface area contributed by atoms with E-state index < -0.39 is 0 Å². The number of piperidine rings is 1. The highest BCUT2D eigenvalue weighted by atomic mass is 16.5. The van der Waals surface area contributed by atoms with Crippen LogP contribution in [0.3, 0.4) is 0 Å². The number of urea groups is 1. The first-order valence-electron chi connectivity index (χ1n) is 8.39. The molecule has 2 aliphatic heterocycles. The standard InChI is InChI=1S/C16H25N5O2/c1-2-16(21-9-11-23-12-10-21)4-7-20(8-5-16)15(22)19-14-3-6-17-18-13-14/h3,6,13H,2,4-5,7-12H2,1H3,(H,17,19,22). The lowest BCUT2D eigenvalue weighted by Gasteiger charge is -2.49. The van der Waals surface area contributed by atoms with Crippen LogP contribution in [0.4, 0.5) is 10.5 Å². The lowest BCUT2D eigenvalue weighted by Crippen LogP contribution is -2.59. The maximum atomic E-state index is 12.4. The highest BCUT2D eigenvalue weighted by Crippen LogP contribution is 2.33. The minimum absolute atomic E-state index is 0.0512. The molecule has 3 heterocycles. The average Bonchev–Trinajstić information content (AvgIpc) is 2.63. The molecule has 1 N–H and O–H groups in total. The van der Waals surface area contributed by atoms with Crippen molar-refractivity contribution in [3.8, 4) is 0 Å². The fourth-order valence-corrected chi connectivity index (χ4v) is 3.62. The zero-order valence-electron chi connectivity index (χ0n) is 13.7. The number of likely N-dealkylation sites (tertiary alicyclic amines) is 1. The molecular weight excluding hydrogens is 294 g/mol. The number of amides is 2. The Balaban J connectivity index is 1.57. The van der Waals surface area contributed by atoms with E-state index in [2.05, 4.69) is 27.3 Å². The van der Waals surface area contributed by atoms with E-state index in [1.807, 2.05) is 4.90 Å². The van der Waals surface area contributed by atoms with Gasteiger partial charge in [0, 0.05) is 31.7 Å². The van der Waals surface area contributed by atoms with Gasteiger partial charge in [-0.15, -0.1) is 0 Å². The number of morpholine rings is 1. The molecule has 7 heteroatoms. The molecule has 2 amide bonds. The Morgan fingerprint density at radius 2 is 2.00 bits per heavy atom. The number of hydrogen-bond donors (Lipinski definition) is 1. The fraction of sp³-hybridized carbons (Fsp3) is 0.688. The van der Waals surface area contributed by atoms with Gasteiger partial charge in [-0.25, -0.2) is 4.79 Å². The van der Waals surface area contributed by atoms with Gasteiger partial charge in [-0.05, 0) is 25.3 Å². The molecule has 0 unspecified atom stereocenters. The summed E-state index contributed by atoms with van der Waals surface area (Å²) in [5, 5.41) is 10.4. The van der Waals surface area contributed by atoms with Crippen LogP contribution in [0.5, 0.6) is 0 Å². The quantitative estimate of drug-likeness (QED) is 0.916. The first kappa shape index (κ1) is 16.1. The first-order chi connectivity index (χ1) is 11.2. The van der Waals surface area contributed by atoms with Crippen LogP contribution in [-0.2, 0) is 4.74 Å². The van der Waals surface area contributed by atoms with Crippen molar-refractivity contribution in [3.63, 3.8) is 0 Å². The number of rotatable bonds is 3. The highest BCUT2D eigenvalue weighted by molar-refractivity contribution is 5.89. The lowest BCUT2D eigenvalue weighted by atomic mass is 9.83. The maximum Gasteiger partial charge on any atom is 0.321 e. The van der Waals surface area contributed by atoms with Crippen molar-refractivity contribution in [2.75, 3.05) is 44.7 Å². The number of aromatic nitrogens is 2. The molecular formula is C16H25N5O2. The van der Waals surface area contributed by atoms with E-state index in [1.54, 1.807) is 18.5 Å². The van der Waals surface area contributed by atoms with Gasteiger partial charge in [-0.3, -0.25) is 4.90 Å². The van der Waals surface area contributed by atoms with Gasteiger partial charge < -0.3 is 15.0 Å². The Hall–Kier alpha value is -1.73. The van der Waals surface area contributed by atoms with Gasteiger partial charge in [-0.1, -0.05) is 6.92 Å². The van der Waals surface area contributed by atoms with Gasteiger partial charge in [0.2, 0.25) is 0 Å². The van der Waals surface area contributed by atoms with E-state index in [4.69, 9.17) is 4.74 Å². The summed E-state index contributed by atoms with van der Waals surface area (Å²) >= 11 is 0. The van der Waals surface area contributed by atoms with Crippen LogP contribution in [0.15, 0.2) is 18.5 Å². The summed E-state index contributed by atoms with van der Waals surface area (Å²) in [4.78, 5) is 16.8. The van der Waals surface area contributed by atoms with Gasteiger partial charge in [0.15, 0.2) is 0 Å². The topological polar surface area (TPSA) is 70.6 Å². The van der Waals surface area contributed by atoms with Crippen molar-refractivity contribution >= 4 is 11.7 Å². The summed E-state index contributed by atoms with van der Waals surface area (Å²) in [6.07, 6.45) is 6.30. The zero-order chi connectivity index (χ0) is 16.1. The summed E-state index contributed by atoms with van der Waals surface area (Å²) in [6.45, 7) is 7.48. The zero-order valence-corrected chi connectivity index (χ0v) is 13.7. The first-order valence-corrected chi connectivity index (χ1v) is 8.39. The predicted octanol–water partition coefficient (Wildman–Crippen LogP) is 1.59. The minimum atomic E-state index is -0.0512.